The third-order valence-corrected chi connectivity index (χ3v) is 10.6. The van der Waals surface area contributed by atoms with Gasteiger partial charge in [-0.2, -0.15) is 0 Å². The van der Waals surface area contributed by atoms with E-state index in [1.807, 2.05) is 28.9 Å². The Hall–Kier alpha value is -1.80. The second-order valence-electron chi connectivity index (χ2n) is 11.3. The number of carbonyl (C=O) groups excluding carboxylic acids is 3. The molecule has 3 fully saturated rings. The Morgan fingerprint density at radius 3 is 2.21 bits per heavy atom. The summed E-state index contributed by atoms with van der Waals surface area (Å²) in [6.07, 6.45) is 3.23. The average Bonchev–Trinajstić information content (AvgIpc) is 3.53. The number of rotatable bonds is 5. The molecule has 2 aromatic carbocycles. The van der Waals surface area contributed by atoms with Crippen molar-refractivity contribution >= 4 is 68.5 Å². The Morgan fingerprint density at radius 1 is 0.923 bits per heavy atom. The van der Waals surface area contributed by atoms with Gasteiger partial charge >= 0.3 is 0 Å². The van der Waals surface area contributed by atoms with Crippen molar-refractivity contribution in [1.82, 2.24) is 14.7 Å². The molecule has 3 amide bonds. The standard InChI is InChI=1S/C29H31BrCl3N3O3/c1-29(9-10-29)28(39)35-11-7-17(8-12-35)27(38)36-15-20(18-3-6-23(32)24(33)14-18)25(16-36)34(2)26(37)19-4-5-22(31)21(30)13-19/h3-6,13-14,17,20,25H,7-12,15-16H2,1-2H3. The van der Waals surface area contributed by atoms with Crippen molar-refractivity contribution < 1.29 is 14.4 Å². The van der Waals surface area contributed by atoms with Crippen molar-refractivity contribution in [2.45, 2.75) is 44.6 Å². The van der Waals surface area contributed by atoms with E-state index in [0.717, 1.165) is 18.4 Å². The zero-order chi connectivity index (χ0) is 28.1. The van der Waals surface area contributed by atoms with Gasteiger partial charge in [0.05, 0.1) is 21.1 Å². The molecule has 0 aromatic heterocycles. The van der Waals surface area contributed by atoms with Crippen molar-refractivity contribution in [3.8, 4) is 0 Å². The summed E-state index contributed by atoms with van der Waals surface area (Å²) >= 11 is 22.1. The van der Waals surface area contributed by atoms with Crippen molar-refractivity contribution in [2.24, 2.45) is 11.3 Å². The van der Waals surface area contributed by atoms with E-state index in [1.54, 1.807) is 36.2 Å². The van der Waals surface area contributed by atoms with E-state index in [4.69, 9.17) is 34.8 Å². The Balaban J connectivity index is 1.34. The van der Waals surface area contributed by atoms with Crippen LogP contribution in [0, 0.1) is 11.3 Å². The quantitative estimate of drug-likeness (QED) is 0.369. The molecule has 2 atom stereocenters. The third-order valence-electron chi connectivity index (χ3n) is 8.60. The molecule has 3 aliphatic rings. The zero-order valence-electron chi connectivity index (χ0n) is 21.9. The molecular weight excluding hydrogens is 625 g/mol. The summed E-state index contributed by atoms with van der Waals surface area (Å²) in [5.41, 5.74) is 1.25. The highest BCUT2D eigenvalue weighted by Crippen LogP contribution is 2.47. The van der Waals surface area contributed by atoms with Crippen LogP contribution in [0.4, 0.5) is 0 Å². The molecule has 39 heavy (non-hydrogen) atoms. The van der Waals surface area contributed by atoms with Gasteiger partial charge in [0, 0.05) is 60.5 Å². The van der Waals surface area contributed by atoms with Crippen LogP contribution in [0.15, 0.2) is 40.9 Å². The van der Waals surface area contributed by atoms with Gasteiger partial charge in [-0.1, -0.05) is 47.8 Å². The average molecular weight is 656 g/mol. The van der Waals surface area contributed by atoms with Crippen molar-refractivity contribution in [2.75, 3.05) is 33.2 Å². The molecule has 2 unspecified atom stereocenters. The molecule has 10 heteroatoms. The van der Waals surface area contributed by atoms with Crippen molar-refractivity contribution in [1.29, 1.82) is 0 Å². The fourth-order valence-corrected chi connectivity index (χ4v) is 6.59. The fourth-order valence-electron chi connectivity index (χ4n) is 5.78. The number of hydrogen-bond acceptors (Lipinski definition) is 3. The van der Waals surface area contributed by atoms with Gasteiger partial charge in [0.15, 0.2) is 0 Å². The number of likely N-dealkylation sites (tertiary alicyclic amines) is 2. The summed E-state index contributed by atoms with van der Waals surface area (Å²) in [7, 11) is 1.77. The molecule has 0 spiro atoms. The van der Waals surface area contributed by atoms with E-state index in [9.17, 15) is 14.4 Å². The first-order valence-corrected chi connectivity index (χ1v) is 15.2. The van der Waals surface area contributed by atoms with Gasteiger partial charge in [0.2, 0.25) is 11.8 Å². The van der Waals surface area contributed by atoms with E-state index in [0.29, 0.717) is 64.1 Å². The minimum Gasteiger partial charge on any atom is -0.342 e. The minimum atomic E-state index is -0.260. The summed E-state index contributed by atoms with van der Waals surface area (Å²) in [6.45, 7) is 4.14. The van der Waals surface area contributed by atoms with E-state index in [1.165, 1.54) is 0 Å². The third kappa shape index (κ3) is 5.83. The van der Waals surface area contributed by atoms with Crippen molar-refractivity contribution in [3.05, 3.63) is 67.1 Å². The largest absolute Gasteiger partial charge is 0.342 e. The summed E-state index contributed by atoms with van der Waals surface area (Å²) < 4.78 is 0.646. The summed E-state index contributed by atoms with van der Waals surface area (Å²) in [6, 6.07) is 10.3. The number of benzene rings is 2. The van der Waals surface area contributed by atoms with Crippen LogP contribution in [0.3, 0.4) is 0 Å². The Labute approximate surface area is 252 Å². The molecule has 208 valence electrons. The van der Waals surface area contributed by atoms with Crippen LogP contribution < -0.4 is 0 Å². The van der Waals surface area contributed by atoms with Gasteiger partial charge in [0.1, 0.15) is 0 Å². The number of hydrogen-bond donors (Lipinski definition) is 0. The Bertz CT molecular complexity index is 1310. The monoisotopic (exact) mass is 653 g/mol. The predicted molar refractivity (Wildman–Crippen MR) is 157 cm³/mol. The Morgan fingerprint density at radius 2 is 1.59 bits per heavy atom. The molecule has 6 nitrogen and oxygen atoms in total. The molecule has 2 saturated heterocycles. The SMILES string of the molecule is CN(C(=O)c1ccc(Cl)c(Br)c1)C1CN(C(=O)C2CCN(C(=O)C3(C)CC3)CC2)CC1c1ccc(Cl)c(Cl)c1. The van der Waals surface area contributed by atoms with Gasteiger partial charge in [-0.3, -0.25) is 14.4 Å². The first-order valence-electron chi connectivity index (χ1n) is 13.2. The van der Waals surface area contributed by atoms with Gasteiger partial charge in [-0.05, 0) is 77.5 Å². The van der Waals surface area contributed by atoms with Crippen LogP contribution in [-0.2, 0) is 9.59 Å². The van der Waals surface area contributed by atoms with E-state index in [-0.39, 0.29) is 41.0 Å². The lowest BCUT2D eigenvalue weighted by molar-refractivity contribution is -0.142. The van der Waals surface area contributed by atoms with Crippen LogP contribution in [0.1, 0.15) is 54.4 Å². The molecule has 1 saturated carbocycles. The van der Waals surface area contributed by atoms with Gasteiger partial charge in [0.25, 0.3) is 5.91 Å². The van der Waals surface area contributed by atoms with E-state index < -0.39 is 0 Å². The number of piperidine rings is 1. The molecule has 5 rings (SSSR count). The van der Waals surface area contributed by atoms with Crippen LogP contribution in [0.2, 0.25) is 15.1 Å². The topological polar surface area (TPSA) is 60.9 Å². The molecule has 2 aromatic rings. The smallest absolute Gasteiger partial charge is 0.253 e. The van der Waals surface area contributed by atoms with Gasteiger partial charge in [-0.25, -0.2) is 0 Å². The number of nitrogens with zero attached hydrogens (tertiary/aromatic N) is 3. The highest BCUT2D eigenvalue weighted by Gasteiger charge is 2.48. The summed E-state index contributed by atoms with van der Waals surface area (Å²) in [5, 5.41) is 1.42. The highest BCUT2D eigenvalue weighted by atomic mass is 79.9. The lowest BCUT2D eigenvalue weighted by Crippen LogP contribution is -2.46. The molecule has 2 aliphatic heterocycles. The molecular formula is C29H31BrCl3N3O3. The van der Waals surface area contributed by atoms with Crippen LogP contribution >= 0.6 is 50.7 Å². The first-order chi connectivity index (χ1) is 18.5. The molecule has 0 bridgehead atoms. The van der Waals surface area contributed by atoms with E-state index >= 15 is 0 Å². The molecule has 1 aliphatic carbocycles. The first kappa shape index (κ1) is 28.7. The maximum absolute atomic E-state index is 13.7. The Kier molecular flexibility index (Phi) is 8.27. The number of carbonyl (C=O) groups is 3. The molecule has 0 N–H and O–H groups in total. The van der Waals surface area contributed by atoms with Crippen LogP contribution in [0.25, 0.3) is 0 Å². The second-order valence-corrected chi connectivity index (χ2v) is 13.3. The maximum atomic E-state index is 13.7. The molecule has 2 heterocycles. The van der Waals surface area contributed by atoms with Crippen LogP contribution in [-0.4, -0.2) is 71.7 Å². The number of likely N-dealkylation sites (N-methyl/N-ethyl adjacent to an activating group) is 1. The highest BCUT2D eigenvalue weighted by molar-refractivity contribution is 9.10. The van der Waals surface area contributed by atoms with Gasteiger partial charge < -0.3 is 14.7 Å². The normalized spacial score (nSPS) is 22.6. The lowest BCUT2D eigenvalue weighted by atomic mass is 9.93. The number of halogens is 4. The maximum Gasteiger partial charge on any atom is 0.253 e. The number of amides is 3. The van der Waals surface area contributed by atoms with E-state index in [2.05, 4.69) is 15.9 Å². The lowest BCUT2D eigenvalue weighted by Gasteiger charge is -2.34. The summed E-state index contributed by atoms with van der Waals surface area (Å²) in [4.78, 5) is 45.5. The predicted octanol–water partition coefficient (Wildman–Crippen LogP) is 6.51. The second kappa shape index (κ2) is 11.2. The minimum absolute atomic E-state index is 0.0855. The molecule has 0 radical (unpaired) electrons. The van der Waals surface area contributed by atoms with Crippen LogP contribution in [0.5, 0.6) is 0 Å². The van der Waals surface area contributed by atoms with Crippen molar-refractivity contribution in [3.63, 3.8) is 0 Å². The zero-order valence-corrected chi connectivity index (χ0v) is 25.8. The fraction of sp³-hybridized carbons (Fsp3) is 0.483. The van der Waals surface area contributed by atoms with Gasteiger partial charge in [-0.15, -0.1) is 0 Å². The summed E-state index contributed by atoms with van der Waals surface area (Å²) in [5.74, 6) is -0.116.